The lowest BCUT2D eigenvalue weighted by Crippen LogP contribution is -2.08. The maximum Gasteiger partial charge on any atom is 0.177 e. The summed E-state index contributed by atoms with van der Waals surface area (Å²) >= 11 is 6.19. The van der Waals surface area contributed by atoms with Gasteiger partial charge >= 0.3 is 0 Å². The fourth-order valence-electron chi connectivity index (χ4n) is 2.76. The Hall–Kier alpha value is -3.91. The molecular weight excluding hydrogens is 419 g/mol. The van der Waals surface area contributed by atoms with Gasteiger partial charge in [-0.2, -0.15) is 0 Å². The summed E-state index contributed by atoms with van der Waals surface area (Å²) in [5, 5.41) is 4.13. The first-order chi connectivity index (χ1) is 15.1. The molecule has 0 aliphatic heterocycles. The average Bonchev–Trinajstić information content (AvgIpc) is 3.32. The van der Waals surface area contributed by atoms with Crippen LogP contribution in [0.1, 0.15) is 17.1 Å². The summed E-state index contributed by atoms with van der Waals surface area (Å²) in [6, 6.07) is 13.3. The third-order valence-corrected chi connectivity index (χ3v) is 4.47. The van der Waals surface area contributed by atoms with Gasteiger partial charge in [0.05, 0.1) is 23.6 Å². The number of pyridine rings is 1. The Morgan fingerprint density at radius 1 is 1.16 bits per heavy atom. The molecule has 4 aromatic rings. The molecule has 0 aliphatic carbocycles. The number of halogens is 2. The maximum atomic E-state index is 14.0. The van der Waals surface area contributed by atoms with E-state index in [1.165, 1.54) is 12.3 Å². The van der Waals surface area contributed by atoms with Crippen LogP contribution >= 0.6 is 11.6 Å². The fourth-order valence-corrected chi connectivity index (χ4v) is 2.95. The summed E-state index contributed by atoms with van der Waals surface area (Å²) in [5.41, 5.74) is 9.09. The number of aliphatic imine (C=N–C) groups is 1. The molecule has 2 N–H and O–H groups in total. The second-order valence-corrected chi connectivity index (χ2v) is 6.81. The smallest absolute Gasteiger partial charge is 0.177 e. The zero-order valence-electron chi connectivity index (χ0n) is 16.1. The van der Waals surface area contributed by atoms with Crippen molar-refractivity contribution in [2.45, 2.75) is 6.54 Å². The van der Waals surface area contributed by atoms with E-state index in [1.54, 1.807) is 54.9 Å². The second-order valence-electron chi connectivity index (χ2n) is 6.42. The van der Waals surface area contributed by atoms with Crippen LogP contribution in [0.3, 0.4) is 0 Å². The molecule has 0 saturated carbocycles. The number of nitrogens with two attached hydrogens (primary N) is 1. The number of benzene rings is 1. The van der Waals surface area contributed by atoms with Crippen molar-refractivity contribution in [1.82, 2.24) is 20.1 Å². The van der Waals surface area contributed by atoms with E-state index in [2.05, 4.69) is 25.1 Å². The van der Waals surface area contributed by atoms with Crippen LogP contribution in [0.2, 0.25) is 5.15 Å². The van der Waals surface area contributed by atoms with Crippen LogP contribution in [0, 0.1) is 5.82 Å². The van der Waals surface area contributed by atoms with E-state index < -0.39 is 0 Å². The minimum absolute atomic E-state index is 0.0932. The number of hydrogen-bond acceptors (Lipinski definition) is 7. The van der Waals surface area contributed by atoms with Gasteiger partial charge in [0.25, 0.3) is 0 Å². The minimum atomic E-state index is -0.345. The molecule has 3 aromatic heterocycles. The summed E-state index contributed by atoms with van der Waals surface area (Å²) in [7, 11) is 0. The summed E-state index contributed by atoms with van der Waals surface area (Å²) in [6.07, 6.45) is 6.29. The van der Waals surface area contributed by atoms with Gasteiger partial charge in [-0.3, -0.25) is 9.98 Å². The molecule has 154 valence electrons. The van der Waals surface area contributed by atoms with Gasteiger partial charge in [0.15, 0.2) is 5.82 Å². The Balaban J connectivity index is 1.70. The van der Waals surface area contributed by atoms with Crippen LogP contribution < -0.4 is 5.73 Å². The van der Waals surface area contributed by atoms with E-state index in [-0.39, 0.29) is 29.0 Å². The maximum absolute atomic E-state index is 14.0. The van der Waals surface area contributed by atoms with Crippen molar-refractivity contribution in [3.63, 3.8) is 0 Å². The highest BCUT2D eigenvalue weighted by Gasteiger charge is 2.12. The molecule has 9 heteroatoms. The molecule has 0 saturated heterocycles. The Bertz CT molecular complexity index is 1240. The quantitative estimate of drug-likeness (QED) is 0.358. The largest absolute Gasteiger partial charge is 0.396 e. The van der Waals surface area contributed by atoms with E-state index in [0.29, 0.717) is 22.7 Å². The normalized spacial score (nSPS) is 12.2. The van der Waals surface area contributed by atoms with Gasteiger partial charge in [-0.25, -0.2) is 14.4 Å². The first-order valence-electron chi connectivity index (χ1n) is 9.21. The van der Waals surface area contributed by atoms with Crippen molar-refractivity contribution in [1.29, 1.82) is 0 Å². The van der Waals surface area contributed by atoms with E-state index >= 15 is 0 Å². The van der Waals surface area contributed by atoms with Crippen molar-refractivity contribution in [2.75, 3.05) is 0 Å². The number of nitrogens with zero attached hydrogens (tertiary/aromatic N) is 5. The molecule has 0 fully saturated rings. The Morgan fingerprint density at radius 2 is 2.03 bits per heavy atom. The van der Waals surface area contributed by atoms with Crippen molar-refractivity contribution >= 4 is 23.0 Å². The lowest BCUT2D eigenvalue weighted by atomic mass is 10.2. The Morgan fingerprint density at radius 3 is 2.77 bits per heavy atom. The van der Waals surface area contributed by atoms with Crippen molar-refractivity contribution in [3.8, 4) is 11.3 Å². The highest BCUT2D eigenvalue weighted by molar-refractivity contribution is 6.29. The molecule has 1 aromatic carbocycles. The highest BCUT2D eigenvalue weighted by Crippen LogP contribution is 2.21. The summed E-state index contributed by atoms with van der Waals surface area (Å²) in [4.78, 5) is 17.2. The molecule has 0 aliphatic rings. The van der Waals surface area contributed by atoms with Gasteiger partial charge < -0.3 is 10.3 Å². The summed E-state index contributed by atoms with van der Waals surface area (Å²) < 4.78 is 18.9. The molecule has 3 heterocycles. The molecule has 0 atom stereocenters. The average molecular weight is 435 g/mol. The van der Waals surface area contributed by atoms with Gasteiger partial charge in [-0.15, -0.1) is 0 Å². The molecule has 0 unspecified atom stereocenters. The van der Waals surface area contributed by atoms with Crippen LogP contribution in [-0.2, 0) is 6.54 Å². The standard InChI is InChI=1S/C22H16ClFN6O/c23-21-11-19(15-5-3-8-26-12-15)28-22(29-21)17(25)10-20(18-7-9-31-30-18)27-13-14-4-1-2-6-16(14)24/h1-12H,13,25H2. The predicted octanol–water partition coefficient (Wildman–Crippen LogP) is 4.31. The fraction of sp³-hybridized carbons (Fsp3) is 0.0455. The molecule has 4 rings (SSSR count). The van der Waals surface area contributed by atoms with Crippen molar-refractivity contribution in [3.05, 3.63) is 101 Å². The highest BCUT2D eigenvalue weighted by atomic mass is 35.5. The Labute approximate surface area is 182 Å². The molecule has 0 amide bonds. The Kier molecular flexibility index (Phi) is 6.09. The summed E-state index contributed by atoms with van der Waals surface area (Å²) in [6.45, 7) is 0.0932. The van der Waals surface area contributed by atoms with Crippen LogP contribution in [0.15, 0.2) is 82.8 Å². The lowest BCUT2D eigenvalue weighted by Gasteiger charge is -2.06. The van der Waals surface area contributed by atoms with Gasteiger partial charge in [0, 0.05) is 35.7 Å². The van der Waals surface area contributed by atoms with Crippen molar-refractivity contribution in [2.24, 2.45) is 10.7 Å². The zero-order valence-corrected chi connectivity index (χ0v) is 16.9. The van der Waals surface area contributed by atoms with Crippen LogP contribution in [0.25, 0.3) is 17.0 Å². The number of allylic oxidation sites excluding steroid dienone is 1. The van der Waals surface area contributed by atoms with Crippen molar-refractivity contribution < 1.29 is 8.91 Å². The predicted molar refractivity (Wildman–Crippen MR) is 116 cm³/mol. The van der Waals surface area contributed by atoms with E-state index in [4.69, 9.17) is 21.9 Å². The van der Waals surface area contributed by atoms with E-state index in [1.807, 2.05) is 6.07 Å². The van der Waals surface area contributed by atoms with Gasteiger partial charge in [0.2, 0.25) is 0 Å². The third-order valence-electron chi connectivity index (χ3n) is 4.28. The molecular formula is C22H16ClFN6O. The monoisotopic (exact) mass is 434 g/mol. The molecule has 0 bridgehead atoms. The lowest BCUT2D eigenvalue weighted by molar-refractivity contribution is 0.418. The van der Waals surface area contributed by atoms with Gasteiger partial charge in [0.1, 0.15) is 22.9 Å². The van der Waals surface area contributed by atoms with E-state index in [9.17, 15) is 4.39 Å². The number of rotatable bonds is 6. The first kappa shape index (κ1) is 20.4. The topological polar surface area (TPSA) is 103 Å². The second kappa shape index (κ2) is 9.27. The minimum Gasteiger partial charge on any atom is -0.396 e. The molecule has 0 radical (unpaired) electrons. The molecule has 0 spiro atoms. The number of hydrogen-bond donors (Lipinski definition) is 1. The zero-order chi connectivity index (χ0) is 21.6. The van der Waals surface area contributed by atoms with E-state index in [0.717, 1.165) is 5.56 Å². The van der Waals surface area contributed by atoms with Crippen LogP contribution in [0.5, 0.6) is 0 Å². The number of aromatic nitrogens is 4. The SMILES string of the molecule is NC(=CC(=NCc1ccccc1F)c1ccon1)c1nc(Cl)cc(-c2cccnc2)n1. The molecule has 7 nitrogen and oxygen atoms in total. The first-order valence-corrected chi connectivity index (χ1v) is 9.59. The third kappa shape index (κ3) is 4.99. The van der Waals surface area contributed by atoms with Gasteiger partial charge in [-0.1, -0.05) is 35.0 Å². The van der Waals surface area contributed by atoms with Gasteiger partial charge in [-0.05, 0) is 24.3 Å². The summed E-state index contributed by atoms with van der Waals surface area (Å²) in [5.74, 6) is -0.129. The molecule has 31 heavy (non-hydrogen) atoms. The van der Waals surface area contributed by atoms with Crippen LogP contribution in [-0.4, -0.2) is 25.8 Å². The van der Waals surface area contributed by atoms with Crippen LogP contribution in [0.4, 0.5) is 4.39 Å².